The molecular weight excluding hydrogens is 338 g/mol. The molecule has 0 spiro atoms. The molecule has 0 rings (SSSR count). The summed E-state index contributed by atoms with van der Waals surface area (Å²) in [4.78, 5) is 0. The molecule has 0 bridgehead atoms. The van der Waals surface area contributed by atoms with Crippen LogP contribution in [0, 0.1) is 0 Å². The van der Waals surface area contributed by atoms with Gasteiger partial charge in [-0.25, -0.2) is 0 Å². The first kappa shape index (κ1) is 18.8. The fourth-order valence-electron chi connectivity index (χ4n) is 0. The van der Waals surface area contributed by atoms with E-state index in [1.54, 1.807) is 0 Å². The molecule has 0 amide bonds. The summed E-state index contributed by atoms with van der Waals surface area (Å²) in [5, 5.41) is 0. The molecule has 12 heavy (non-hydrogen) atoms. The first-order valence-corrected chi connectivity index (χ1v) is 7.88. The van der Waals surface area contributed by atoms with Crippen molar-refractivity contribution in [2.75, 3.05) is 0 Å². The summed E-state index contributed by atoms with van der Waals surface area (Å²) in [6.45, 7) is 0. The van der Waals surface area contributed by atoms with Crippen molar-refractivity contribution in [1.82, 2.24) is 0 Å². The SMILES string of the molecule is F[As-](F)(F)(F)(F)F.S=[NH+]SCl.[Cl-]. The fourth-order valence-corrected chi connectivity index (χ4v) is 0. The van der Waals surface area contributed by atoms with Gasteiger partial charge < -0.3 is 12.4 Å². The summed E-state index contributed by atoms with van der Waals surface area (Å²) in [5.74, 6) is 0. The van der Waals surface area contributed by atoms with Gasteiger partial charge in [0, 0.05) is 10.7 Å². The van der Waals surface area contributed by atoms with Gasteiger partial charge in [-0.05, 0) is 0 Å². The third-order valence-electron chi connectivity index (χ3n) is 0.0315. The van der Waals surface area contributed by atoms with Gasteiger partial charge in [-0.3, -0.25) is 0 Å². The molecule has 0 aromatic heterocycles. The molecule has 0 aliphatic carbocycles. The molecule has 0 fully saturated rings. The topological polar surface area (TPSA) is 14.0 Å². The van der Waals surface area contributed by atoms with E-state index in [1.807, 2.05) is 0 Å². The Labute approximate surface area is 85.3 Å². The Hall–Kier alpha value is 1.09. The maximum Gasteiger partial charge on any atom is 0.287 e. The van der Waals surface area contributed by atoms with Gasteiger partial charge in [-0.15, -0.1) is 0 Å². The normalized spacial score (nSPS) is 15.6. The molecule has 0 saturated carbocycles. The molecule has 0 aromatic rings. The van der Waals surface area contributed by atoms with Crippen LogP contribution in [0.4, 0.5) is 20.8 Å². The molecule has 0 aliphatic rings. The van der Waals surface area contributed by atoms with Gasteiger partial charge >= 0.3 is 35.0 Å². The van der Waals surface area contributed by atoms with E-state index in [1.165, 1.54) is 0 Å². The monoisotopic (exact) mass is 338 g/mol. The second kappa shape index (κ2) is 4.54. The van der Waals surface area contributed by atoms with Crippen LogP contribution in [0.5, 0.6) is 0 Å². The summed E-state index contributed by atoms with van der Waals surface area (Å²) in [6, 6.07) is 0. The summed E-state index contributed by atoms with van der Waals surface area (Å²) in [6.07, 6.45) is 0. The molecule has 0 heterocycles. The van der Waals surface area contributed by atoms with Gasteiger partial charge in [0.2, 0.25) is 0 Å². The van der Waals surface area contributed by atoms with E-state index >= 15 is 0 Å². The smallest absolute Gasteiger partial charge is 0.287 e. The van der Waals surface area contributed by atoms with Gasteiger partial charge in [0.15, 0.2) is 0 Å². The summed E-state index contributed by atoms with van der Waals surface area (Å²) in [7, 11) is 4.89. The van der Waals surface area contributed by atoms with Gasteiger partial charge in [-0.1, -0.05) is 3.77 Å². The van der Waals surface area contributed by atoms with Crippen LogP contribution < -0.4 is 16.2 Å². The standard InChI is InChI=1S/AsF6.ClNS2.ClH/c2-1(3,4,5,6)7;1-4-2-3;/h;;1H/q-1;;. The zero-order valence-electron chi connectivity index (χ0n) is 4.79. The second-order valence-corrected chi connectivity index (χ2v) is 6.42. The van der Waals surface area contributed by atoms with Crippen molar-refractivity contribution in [2.45, 2.75) is 0 Å². The Morgan fingerprint density at radius 3 is 1.17 bits per heavy atom. The van der Waals surface area contributed by atoms with Crippen LogP contribution in [-0.2, 0) is 12.4 Å². The predicted molar refractivity (Wildman–Crippen MR) is 34.2 cm³/mol. The second-order valence-electron chi connectivity index (χ2n) is 1.12. The van der Waals surface area contributed by atoms with Crippen molar-refractivity contribution < 1.29 is 37.0 Å². The summed E-state index contributed by atoms with van der Waals surface area (Å²) < 4.78 is 61.6. The number of hydrogen-bond donors (Lipinski definition) is 1. The zero-order chi connectivity index (χ0) is 9.82. The van der Waals surface area contributed by atoms with E-state index in [9.17, 15) is 20.8 Å². The van der Waals surface area contributed by atoms with Crippen molar-refractivity contribution in [3.05, 3.63) is 0 Å². The van der Waals surface area contributed by atoms with Crippen LogP contribution in [0.25, 0.3) is 0 Å². The van der Waals surface area contributed by atoms with Crippen LogP contribution >= 0.6 is 21.8 Å². The quantitative estimate of drug-likeness (QED) is 0.364. The molecule has 0 aliphatic heterocycles. The number of halogens is 8. The predicted octanol–water partition coefficient (Wildman–Crippen LogP) is -1.26. The zero-order valence-corrected chi connectivity index (χ0v) is 9.81. The average Bonchev–Trinajstić information content (AvgIpc) is 1.57. The van der Waals surface area contributed by atoms with Crippen LogP contribution in [0.15, 0.2) is 0 Å². The minimum absolute atomic E-state index is 0. The van der Waals surface area contributed by atoms with Crippen molar-refractivity contribution in [2.24, 2.45) is 0 Å². The van der Waals surface area contributed by atoms with Crippen LogP contribution in [-0.4, -0.2) is 14.2 Å². The molecule has 80 valence electrons. The average molecular weight is 339 g/mol. The maximum atomic E-state index is 9.91. The van der Waals surface area contributed by atoms with Crippen LogP contribution in [0.3, 0.4) is 0 Å². The number of rotatable bonds is 1. The molecule has 1 N–H and O–H groups in total. The van der Waals surface area contributed by atoms with Crippen molar-refractivity contribution in [1.29, 1.82) is 0 Å². The fraction of sp³-hybridized carbons (Fsp3) is 0. The molecule has 0 saturated heterocycles. The van der Waals surface area contributed by atoms with Crippen molar-refractivity contribution in [3.8, 4) is 0 Å². The first-order chi connectivity index (χ1) is 4.36. The number of nitrogens with one attached hydrogen (secondary N) is 1. The van der Waals surface area contributed by atoms with Gasteiger partial charge in [0.1, 0.15) is 0 Å². The third kappa shape index (κ3) is 259. The molecule has 1 nitrogen and oxygen atoms in total. The van der Waals surface area contributed by atoms with E-state index in [4.69, 9.17) is 10.7 Å². The maximum absolute atomic E-state index is 11.1. The van der Waals surface area contributed by atoms with E-state index in [0.717, 1.165) is 11.2 Å². The largest absolute Gasteiger partial charge is 1.00 e. The molecule has 0 atom stereocenters. The molecule has 0 radical (unpaired) electrons. The molecule has 0 unspecified atom stereocenters. The Kier molecular flexibility index (Phi) is 7.11. The van der Waals surface area contributed by atoms with Crippen LogP contribution in [0.2, 0.25) is 0 Å². The Morgan fingerprint density at radius 1 is 1.08 bits per heavy atom. The minimum atomic E-state index is -11.1. The van der Waals surface area contributed by atoms with Crippen molar-refractivity contribution in [3.63, 3.8) is 0 Å². The van der Waals surface area contributed by atoms with Gasteiger partial charge in [0.05, 0.1) is 0 Å². The van der Waals surface area contributed by atoms with E-state index in [-0.39, 0.29) is 12.4 Å². The Bertz CT molecular complexity index is 124. The molecular formula is HAsCl2F6NS2-. The molecule has 12 heteroatoms. The number of hydrogen-bond acceptors (Lipinski definition) is 2. The Balaban J connectivity index is -0.000000142. The third-order valence-corrected chi connectivity index (χ3v) is 0.850. The minimum Gasteiger partial charge on any atom is -1.00 e. The van der Waals surface area contributed by atoms with Crippen molar-refractivity contribution >= 4 is 48.4 Å². The van der Waals surface area contributed by atoms with E-state index in [0.29, 0.717) is 0 Å². The van der Waals surface area contributed by atoms with E-state index in [2.05, 4.69) is 16.2 Å². The Morgan fingerprint density at radius 2 is 1.17 bits per heavy atom. The van der Waals surface area contributed by atoms with Crippen LogP contribution in [0.1, 0.15) is 0 Å². The van der Waals surface area contributed by atoms with Gasteiger partial charge in [0.25, 0.3) is 23.6 Å². The first-order valence-electron chi connectivity index (χ1n) is 1.58. The van der Waals surface area contributed by atoms with Gasteiger partial charge in [-0.2, -0.15) is 0 Å². The summed E-state index contributed by atoms with van der Waals surface area (Å²) in [5.41, 5.74) is 0. The molecule has 0 aromatic carbocycles. The summed E-state index contributed by atoms with van der Waals surface area (Å²) >= 11 is -6.03. The van der Waals surface area contributed by atoms with E-state index < -0.39 is 14.2 Å².